The van der Waals surface area contributed by atoms with Crippen molar-refractivity contribution in [3.05, 3.63) is 77.6 Å². The van der Waals surface area contributed by atoms with Crippen LogP contribution in [-0.4, -0.2) is 33.9 Å². The largest absolute Gasteiger partial charge is 0.477 e. The summed E-state index contributed by atoms with van der Waals surface area (Å²) in [6.45, 7) is 0. The van der Waals surface area contributed by atoms with Crippen molar-refractivity contribution in [1.29, 1.82) is 0 Å². The van der Waals surface area contributed by atoms with Gasteiger partial charge in [0.2, 0.25) is 11.7 Å². The van der Waals surface area contributed by atoms with E-state index in [9.17, 15) is 14.7 Å². The summed E-state index contributed by atoms with van der Waals surface area (Å²) in [4.78, 5) is 31.5. The predicted molar refractivity (Wildman–Crippen MR) is 103 cm³/mol. The molecule has 0 spiro atoms. The lowest BCUT2D eigenvalue weighted by atomic mass is 10.1. The maximum Gasteiger partial charge on any atom is 0.345 e. The van der Waals surface area contributed by atoms with Crippen molar-refractivity contribution in [2.75, 3.05) is 12.1 Å². The number of aromatic amines is 1. The third-order valence-electron chi connectivity index (χ3n) is 4.29. The van der Waals surface area contributed by atoms with Crippen molar-refractivity contribution in [1.82, 2.24) is 15.4 Å². The topological polar surface area (TPSA) is 108 Å². The fourth-order valence-electron chi connectivity index (χ4n) is 2.91. The summed E-state index contributed by atoms with van der Waals surface area (Å²) in [5, 5.41) is 11.9. The van der Waals surface area contributed by atoms with Crippen LogP contribution in [0, 0.1) is 0 Å². The van der Waals surface area contributed by atoms with Crippen LogP contribution in [0.4, 0.5) is 5.69 Å². The number of nitrogens with one attached hydrogen (secondary N) is 2. The number of benzene rings is 1. The minimum Gasteiger partial charge on any atom is -0.477 e. The molecule has 0 radical (unpaired) electrons. The maximum absolute atomic E-state index is 12.6. The Bertz CT molecular complexity index is 1130. The summed E-state index contributed by atoms with van der Waals surface area (Å²) in [7, 11) is 1.70. The zero-order valence-corrected chi connectivity index (χ0v) is 14.8. The van der Waals surface area contributed by atoms with Gasteiger partial charge in [-0.3, -0.25) is 15.2 Å². The number of aliphatic carboxylic acids is 1. The molecule has 8 heteroatoms. The number of fused-ring (bicyclic) bond motifs is 1. The fraction of sp³-hybridized carbons (Fsp3) is 0.0500. The van der Waals surface area contributed by atoms with Crippen LogP contribution in [0.15, 0.2) is 72.1 Å². The van der Waals surface area contributed by atoms with Crippen molar-refractivity contribution >= 4 is 34.5 Å². The molecule has 0 saturated heterocycles. The highest BCUT2D eigenvalue weighted by atomic mass is 16.5. The van der Waals surface area contributed by atoms with Gasteiger partial charge in [-0.1, -0.05) is 18.2 Å². The van der Waals surface area contributed by atoms with Crippen LogP contribution in [0.5, 0.6) is 0 Å². The Labute approximate surface area is 159 Å². The minimum absolute atomic E-state index is 0.0777. The average Bonchev–Trinajstić information content (AvgIpc) is 3.24. The number of allylic oxidation sites excluding steroid dienone is 1. The molecule has 140 valence electrons. The predicted octanol–water partition coefficient (Wildman–Crippen LogP) is 2.44. The van der Waals surface area contributed by atoms with Crippen molar-refractivity contribution in [3.63, 3.8) is 0 Å². The summed E-state index contributed by atoms with van der Waals surface area (Å²) in [6, 6.07) is 12.8. The summed E-state index contributed by atoms with van der Waals surface area (Å²) in [5.74, 6) is -2.27. The number of ketones is 1. The standard InChI is InChI=1S/C20H16N4O4/c1-24(13-6-3-2-4-7-13)23-19-16(20(26)27)17(25)15(28-19)10-12-11-22-18-14(12)8-5-9-21-18/h2-11,23H,1H3,(H,21,22)(H,26,27)/b15-10-. The SMILES string of the molecule is CN(NC1=C(C(=O)O)C(=O)/C(=C/c2c[nH]c3ncccc23)O1)c1ccccc1. The lowest BCUT2D eigenvalue weighted by Crippen LogP contribution is -2.34. The molecular formula is C20H16N4O4. The third kappa shape index (κ3) is 3.07. The van der Waals surface area contributed by atoms with Crippen LogP contribution in [-0.2, 0) is 14.3 Å². The van der Waals surface area contributed by atoms with E-state index in [1.807, 2.05) is 36.4 Å². The van der Waals surface area contributed by atoms with Gasteiger partial charge in [0.25, 0.3) is 0 Å². The maximum atomic E-state index is 12.6. The van der Waals surface area contributed by atoms with Gasteiger partial charge in [0.05, 0.1) is 5.69 Å². The Morgan fingerprint density at radius 2 is 2.04 bits per heavy atom. The Morgan fingerprint density at radius 1 is 1.25 bits per heavy atom. The number of nitrogens with zero attached hydrogens (tertiary/aromatic N) is 2. The molecule has 0 unspecified atom stereocenters. The molecule has 8 nitrogen and oxygen atoms in total. The lowest BCUT2D eigenvalue weighted by Gasteiger charge is -2.21. The molecular weight excluding hydrogens is 360 g/mol. The number of H-pyrrole nitrogens is 1. The Hall–Kier alpha value is -4.07. The molecule has 3 aromatic rings. The van der Waals surface area contributed by atoms with Gasteiger partial charge in [-0.15, -0.1) is 0 Å². The Balaban J connectivity index is 1.65. The van der Waals surface area contributed by atoms with Gasteiger partial charge in [-0.2, -0.15) is 0 Å². The zero-order chi connectivity index (χ0) is 19.7. The monoisotopic (exact) mass is 376 g/mol. The molecule has 1 aliphatic rings. The minimum atomic E-state index is -1.36. The molecule has 0 saturated carbocycles. The number of carboxylic acid groups (broad SMARTS) is 1. The van der Waals surface area contributed by atoms with Gasteiger partial charge < -0.3 is 14.8 Å². The first-order valence-corrected chi connectivity index (χ1v) is 8.44. The first kappa shape index (κ1) is 17.3. The summed E-state index contributed by atoms with van der Waals surface area (Å²) >= 11 is 0. The van der Waals surface area contributed by atoms with Crippen molar-refractivity contribution in [2.45, 2.75) is 0 Å². The van der Waals surface area contributed by atoms with Crippen LogP contribution in [0.25, 0.3) is 17.1 Å². The van der Waals surface area contributed by atoms with Gasteiger partial charge in [0.15, 0.2) is 11.3 Å². The first-order chi connectivity index (χ1) is 13.5. The average molecular weight is 376 g/mol. The molecule has 4 rings (SSSR count). The molecule has 1 aliphatic heterocycles. The molecule has 28 heavy (non-hydrogen) atoms. The van der Waals surface area contributed by atoms with Gasteiger partial charge >= 0.3 is 5.97 Å². The highest BCUT2D eigenvalue weighted by Crippen LogP contribution is 2.28. The van der Waals surface area contributed by atoms with E-state index in [0.717, 1.165) is 11.1 Å². The normalized spacial score (nSPS) is 15.2. The highest BCUT2D eigenvalue weighted by Gasteiger charge is 2.36. The quantitative estimate of drug-likeness (QED) is 0.357. The number of para-hydroxylation sites is 1. The van der Waals surface area contributed by atoms with E-state index in [4.69, 9.17) is 4.74 Å². The number of anilines is 1. The van der Waals surface area contributed by atoms with Crippen LogP contribution in [0.1, 0.15) is 5.56 Å². The summed E-state index contributed by atoms with van der Waals surface area (Å²) in [5.41, 5.74) is 4.49. The number of pyridine rings is 1. The van der Waals surface area contributed by atoms with E-state index < -0.39 is 17.3 Å². The van der Waals surface area contributed by atoms with E-state index >= 15 is 0 Å². The van der Waals surface area contributed by atoms with Crippen LogP contribution in [0.3, 0.4) is 0 Å². The van der Waals surface area contributed by atoms with Crippen LogP contribution < -0.4 is 10.4 Å². The van der Waals surface area contributed by atoms with Crippen molar-refractivity contribution < 1.29 is 19.4 Å². The van der Waals surface area contributed by atoms with E-state index in [1.54, 1.807) is 30.5 Å². The molecule has 0 aliphatic carbocycles. The first-order valence-electron chi connectivity index (χ1n) is 8.44. The number of Topliss-reactive ketones (excluding diaryl/α,β-unsaturated/α-hetero) is 1. The third-order valence-corrected chi connectivity index (χ3v) is 4.29. The van der Waals surface area contributed by atoms with E-state index in [2.05, 4.69) is 15.4 Å². The molecule has 0 atom stereocenters. The van der Waals surface area contributed by atoms with E-state index in [1.165, 1.54) is 6.08 Å². The molecule has 0 fully saturated rings. The molecule has 0 amide bonds. The second kappa shape index (κ2) is 6.92. The Morgan fingerprint density at radius 3 is 2.79 bits per heavy atom. The van der Waals surface area contributed by atoms with Crippen molar-refractivity contribution in [3.8, 4) is 0 Å². The zero-order valence-electron chi connectivity index (χ0n) is 14.8. The van der Waals surface area contributed by atoms with Gasteiger partial charge in [0.1, 0.15) is 5.65 Å². The van der Waals surface area contributed by atoms with Gasteiger partial charge in [-0.05, 0) is 30.3 Å². The second-order valence-electron chi connectivity index (χ2n) is 6.10. The number of carbonyl (C=O) groups is 2. The lowest BCUT2D eigenvalue weighted by molar-refractivity contribution is -0.134. The van der Waals surface area contributed by atoms with E-state index in [-0.39, 0.29) is 11.6 Å². The number of hydrazine groups is 1. The summed E-state index contributed by atoms with van der Waals surface area (Å²) < 4.78 is 5.59. The molecule has 3 heterocycles. The number of ether oxygens (including phenoxy) is 1. The number of carbonyl (C=O) groups excluding carboxylic acids is 1. The number of rotatable bonds is 5. The number of hydrogen-bond acceptors (Lipinski definition) is 6. The molecule has 1 aromatic carbocycles. The van der Waals surface area contributed by atoms with Crippen LogP contribution in [0.2, 0.25) is 0 Å². The van der Waals surface area contributed by atoms with Gasteiger partial charge in [-0.25, -0.2) is 9.78 Å². The van der Waals surface area contributed by atoms with Crippen LogP contribution >= 0.6 is 0 Å². The number of hydrogen-bond donors (Lipinski definition) is 3. The number of carboxylic acids is 1. The fourth-order valence-corrected chi connectivity index (χ4v) is 2.91. The highest BCUT2D eigenvalue weighted by molar-refractivity contribution is 6.26. The number of aromatic nitrogens is 2. The van der Waals surface area contributed by atoms with Gasteiger partial charge in [0, 0.05) is 30.4 Å². The molecule has 3 N–H and O–H groups in total. The van der Waals surface area contributed by atoms with E-state index in [0.29, 0.717) is 11.2 Å². The molecule has 0 bridgehead atoms. The summed E-state index contributed by atoms with van der Waals surface area (Å²) in [6.07, 6.45) is 4.84. The Kier molecular flexibility index (Phi) is 4.29. The van der Waals surface area contributed by atoms with Crippen molar-refractivity contribution in [2.24, 2.45) is 0 Å². The molecule has 2 aromatic heterocycles. The second-order valence-corrected chi connectivity index (χ2v) is 6.10. The smallest absolute Gasteiger partial charge is 0.345 e.